The SMILES string of the molecule is CCC(C)(C)NC(=O)CSc1ccc(CO)cc1. The number of hydrogen-bond acceptors (Lipinski definition) is 3. The van der Waals surface area contributed by atoms with Crippen molar-refractivity contribution in [2.24, 2.45) is 0 Å². The zero-order valence-corrected chi connectivity index (χ0v) is 12.0. The highest BCUT2D eigenvalue weighted by molar-refractivity contribution is 8.00. The van der Waals surface area contributed by atoms with Gasteiger partial charge in [-0.05, 0) is 38.0 Å². The van der Waals surface area contributed by atoms with Crippen molar-refractivity contribution in [3.8, 4) is 0 Å². The van der Waals surface area contributed by atoms with E-state index in [1.54, 1.807) is 0 Å². The first-order valence-electron chi connectivity index (χ1n) is 6.10. The van der Waals surface area contributed by atoms with Gasteiger partial charge in [0.2, 0.25) is 5.91 Å². The quantitative estimate of drug-likeness (QED) is 0.779. The van der Waals surface area contributed by atoms with Crippen molar-refractivity contribution in [2.45, 2.75) is 44.2 Å². The van der Waals surface area contributed by atoms with Crippen LogP contribution in [0.15, 0.2) is 29.2 Å². The number of carbonyl (C=O) groups excluding carboxylic acids is 1. The second-order valence-corrected chi connectivity index (χ2v) is 5.93. The summed E-state index contributed by atoms with van der Waals surface area (Å²) in [4.78, 5) is 12.8. The predicted octanol–water partition coefficient (Wildman–Crippen LogP) is 2.58. The number of carbonyl (C=O) groups is 1. The Kier molecular flexibility index (Phi) is 5.69. The van der Waals surface area contributed by atoms with Crippen LogP contribution in [0.4, 0.5) is 0 Å². The second kappa shape index (κ2) is 6.81. The molecular weight excluding hydrogens is 246 g/mol. The first-order chi connectivity index (χ1) is 8.46. The van der Waals surface area contributed by atoms with E-state index < -0.39 is 0 Å². The molecule has 2 N–H and O–H groups in total. The van der Waals surface area contributed by atoms with Gasteiger partial charge >= 0.3 is 0 Å². The van der Waals surface area contributed by atoms with Crippen molar-refractivity contribution in [2.75, 3.05) is 5.75 Å². The Hall–Kier alpha value is -1.00. The van der Waals surface area contributed by atoms with Crippen LogP contribution in [0.3, 0.4) is 0 Å². The first-order valence-corrected chi connectivity index (χ1v) is 7.09. The summed E-state index contributed by atoms with van der Waals surface area (Å²) < 4.78 is 0. The third-order valence-corrected chi connectivity index (χ3v) is 3.85. The van der Waals surface area contributed by atoms with Crippen LogP contribution in [0.25, 0.3) is 0 Å². The van der Waals surface area contributed by atoms with Gasteiger partial charge in [0, 0.05) is 10.4 Å². The molecule has 0 aromatic heterocycles. The highest BCUT2D eigenvalue weighted by Crippen LogP contribution is 2.18. The monoisotopic (exact) mass is 267 g/mol. The average molecular weight is 267 g/mol. The predicted molar refractivity (Wildman–Crippen MR) is 75.6 cm³/mol. The van der Waals surface area contributed by atoms with E-state index in [-0.39, 0.29) is 18.1 Å². The lowest BCUT2D eigenvalue weighted by atomic mass is 10.0. The second-order valence-electron chi connectivity index (χ2n) is 4.88. The molecular formula is C14H21NO2S. The fraction of sp³-hybridized carbons (Fsp3) is 0.500. The fourth-order valence-electron chi connectivity index (χ4n) is 1.34. The Labute approximate surface area is 113 Å². The number of amides is 1. The number of benzene rings is 1. The Balaban J connectivity index is 2.42. The zero-order chi connectivity index (χ0) is 13.6. The van der Waals surface area contributed by atoms with Crippen LogP contribution in [-0.4, -0.2) is 22.3 Å². The van der Waals surface area contributed by atoms with E-state index in [2.05, 4.69) is 12.2 Å². The minimum absolute atomic E-state index is 0.0517. The molecule has 1 aromatic carbocycles. The molecule has 0 fully saturated rings. The lowest BCUT2D eigenvalue weighted by Gasteiger charge is -2.24. The molecule has 1 aromatic rings. The molecule has 0 saturated carbocycles. The van der Waals surface area contributed by atoms with Gasteiger partial charge in [0.05, 0.1) is 12.4 Å². The molecule has 1 amide bonds. The lowest BCUT2D eigenvalue weighted by molar-refractivity contribution is -0.120. The van der Waals surface area contributed by atoms with Gasteiger partial charge in [0.15, 0.2) is 0 Å². The van der Waals surface area contributed by atoms with Crippen molar-refractivity contribution in [1.29, 1.82) is 0 Å². The van der Waals surface area contributed by atoms with Crippen LogP contribution in [0.5, 0.6) is 0 Å². The van der Waals surface area contributed by atoms with Crippen LogP contribution in [0.2, 0.25) is 0 Å². The molecule has 0 unspecified atom stereocenters. The third-order valence-electron chi connectivity index (χ3n) is 2.84. The van der Waals surface area contributed by atoms with Gasteiger partial charge in [0.25, 0.3) is 0 Å². The van der Waals surface area contributed by atoms with Crippen LogP contribution >= 0.6 is 11.8 Å². The number of aliphatic hydroxyl groups is 1. The Bertz CT molecular complexity index is 387. The van der Waals surface area contributed by atoms with Gasteiger partial charge in [-0.25, -0.2) is 0 Å². The molecule has 0 spiro atoms. The van der Waals surface area contributed by atoms with Gasteiger partial charge in [-0.1, -0.05) is 19.1 Å². The minimum atomic E-state index is -0.140. The van der Waals surface area contributed by atoms with Crippen LogP contribution in [0, 0.1) is 0 Å². The average Bonchev–Trinajstić information content (AvgIpc) is 2.36. The topological polar surface area (TPSA) is 49.3 Å². The number of thioether (sulfide) groups is 1. The maximum atomic E-state index is 11.7. The summed E-state index contributed by atoms with van der Waals surface area (Å²) in [6, 6.07) is 7.59. The summed E-state index contributed by atoms with van der Waals surface area (Å²) in [5.41, 5.74) is 0.745. The molecule has 0 heterocycles. The molecule has 0 bridgehead atoms. The summed E-state index contributed by atoms with van der Waals surface area (Å²) >= 11 is 1.51. The van der Waals surface area contributed by atoms with E-state index in [1.165, 1.54) is 11.8 Å². The summed E-state index contributed by atoms with van der Waals surface area (Å²) in [5, 5.41) is 11.9. The molecule has 18 heavy (non-hydrogen) atoms. The standard InChI is InChI=1S/C14H21NO2S/c1-4-14(2,3)15-13(17)10-18-12-7-5-11(9-16)6-8-12/h5-8,16H,4,9-10H2,1-3H3,(H,15,17). The molecule has 0 saturated heterocycles. The molecule has 0 aliphatic heterocycles. The van der Waals surface area contributed by atoms with E-state index in [0.717, 1.165) is 16.9 Å². The van der Waals surface area contributed by atoms with Gasteiger partial charge in [0.1, 0.15) is 0 Å². The van der Waals surface area contributed by atoms with Crippen molar-refractivity contribution in [3.05, 3.63) is 29.8 Å². The van der Waals surface area contributed by atoms with E-state index in [9.17, 15) is 4.79 Å². The molecule has 0 aliphatic carbocycles. The van der Waals surface area contributed by atoms with Crippen molar-refractivity contribution < 1.29 is 9.90 Å². The van der Waals surface area contributed by atoms with E-state index in [0.29, 0.717) is 5.75 Å². The van der Waals surface area contributed by atoms with Crippen molar-refractivity contribution in [1.82, 2.24) is 5.32 Å². The highest BCUT2D eigenvalue weighted by atomic mass is 32.2. The summed E-state index contributed by atoms with van der Waals surface area (Å²) in [6.07, 6.45) is 0.911. The first kappa shape index (κ1) is 15.1. The molecule has 0 radical (unpaired) electrons. The van der Waals surface area contributed by atoms with Crippen molar-refractivity contribution in [3.63, 3.8) is 0 Å². The zero-order valence-electron chi connectivity index (χ0n) is 11.2. The van der Waals surface area contributed by atoms with Crippen LogP contribution in [0.1, 0.15) is 32.8 Å². The molecule has 1 rings (SSSR count). The van der Waals surface area contributed by atoms with Crippen LogP contribution < -0.4 is 5.32 Å². The maximum absolute atomic E-state index is 11.7. The summed E-state index contributed by atoms with van der Waals surface area (Å²) in [7, 11) is 0. The maximum Gasteiger partial charge on any atom is 0.230 e. The van der Waals surface area contributed by atoms with Crippen molar-refractivity contribution >= 4 is 17.7 Å². The Morgan fingerprint density at radius 3 is 2.44 bits per heavy atom. The number of rotatable bonds is 6. The Morgan fingerprint density at radius 1 is 1.33 bits per heavy atom. The molecule has 3 nitrogen and oxygen atoms in total. The molecule has 0 atom stereocenters. The van der Waals surface area contributed by atoms with Gasteiger partial charge in [-0.2, -0.15) is 0 Å². The summed E-state index contributed by atoms with van der Waals surface area (Å²) in [5.74, 6) is 0.472. The third kappa shape index (κ3) is 5.10. The normalized spacial score (nSPS) is 11.3. The highest BCUT2D eigenvalue weighted by Gasteiger charge is 2.17. The Morgan fingerprint density at radius 2 is 1.94 bits per heavy atom. The number of aliphatic hydroxyl groups excluding tert-OH is 1. The number of hydrogen-bond donors (Lipinski definition) is 2. The molecule has 4 heteroatoms. The minimum Gasteiger partial charge on any atom is -0.392 e. The lowest BCUT2D eigenvalue weighted by Crippen LogP contribution is -2.43. The van der Waals surface area contributed by atoms with E-state index in [4.69, 9.17) is 5.11 Å². The number of nitrogens with one attached hydrogen (secondary N) is 1. The van der Waals surface area contributed by atoms with Gasteiger partial charge in [-0.3, -0.25) is 4.79 Å². The largest absolute Gasteiger partial charge is 0.392 e. The summed E-state index contributed by atoms with van der Waals surface area (Å²) in [6.45, 7) is 6.15. The van der Waals surface area contributed by atoms with Gasteiger partial charge in [-0.15, -0.1) is 11.8 Å². The fourth-order valence-corrected chi connectivity index (χ4v) is 2.04. The van der Waals surface area contributed by atoms with E-state index >= 15 is 0 Å². The van der Waals surface area contributed by atoms with E-state index in [1.807, 2.05) is 38.1 Å². The van der Waals surface area contributed by atoms with Gasteiger partial charge < -0.3 is 10.4 Å². The molecule has 0 aliphatic rings. The van der Waals surface area contributed by atoms with Crippen LogP contribution in [-0.2, 0) is 11.4 Å². The smallest absolute Gasteiger partial charge is 0.230 e. The molecule has 100 valence electrons.